The summed E-state index contributed by atoms with van der Waals surface area (Å²) in [6.07, 6.45) is 10.6. The van der Waals surface area contributed by atoms with Crippen LogP contribution in [-0.2, 0) is 0 Å². The maximum absolute atomic E-state index is 3.14. The third kappa shape index (κ3) is 4.57. The molecule has 5 aliphatic rings. The zero-order chi connectivity index (χ0) is 34.9. The Balaban J connectivity index is 1.66. The van der Waals surface area contributed by atoms with Crippen molar-refractivity contribution < 1.29 is 0 Å². The molecule has 7 rings (SSSR count). The smallest absolute Gasteiger partial charge is 0.353 e. The molecule has 0 amide bonds. The highest BCUT2D eigenvalue weighted by Crippen LogP contribution is 2.84. The van der Waals surface area contributed by atoms with Crippen LogP contribution < -0.4 is 17.5 Å². The molecule has 1 aliphatic carbocycles. The number of anilines is 3. The average Bonchev–Trinajstić information content (AvgIpc) is 3.32. The van der Waals surface area contributed by atoms with Gasteiger partial charge in [0.15, 0.2) is 0 Å². The molecule has 2 aromatic carbocycles. The molecule has 4 unspecified atom stereocenters. The Labute approximate surface area is 296 Å². The Morgan fingerprint density at radius 3 is 1.65 bits per heavy atom. The van der Waals surface area contributed by atoms with E-state index in [4.69, 9.17) is 0 Å². The summed E-state index contributed by atoms with van der Waals surface area (Å²) in [6.45, 7) is 37.2. The van der Waals surface area contributed by atoms with Gasteiger partial charge in [0.2, 0.25) is 0 Å². The summed E-state index contributed by atoms with van der Waals surface area (Å²) in [5.74, 6) is 0. The highest BCUT2D eigenvalue weighted by atomic mass is 31.1. The number of rotatable bonds is 4. The highest BCUT2D eigenvalue weighted by molar-refractivity contribution is 7.82. The topological polar surface area (TPSA) is 9.72 Å². The standard InChI is InChI=1S/C41H62N4PSi2/c1-38(2,3)27-42-34-25-19-20-26-35(34)45(30-41(10,11)12)47(42)36(31-21-15-14-16-22-31)46(13)37(47)48(45)43(28-39(4,5)6)32-23-17-18-24-33(32)44(48)29-40(7,8)9/h14-21,23-26,37H,22,27-30H2,1-13H3/q+1/b36-31-. The van der Waals surface area contributed by atoms with Gasteiger partial charge < -0.3 is 17.5 Å². The molecule has 2 saturated heterocycles. The summed E-state index contributed by atoms with van der Waals surface area (Å²) in [5, 5.41) is 0. The van der Waals surface area contributed by atoms with Crippen LogP contribution in [0.5, 0.6) is 0 Å². The minimum absolute atomic E-state index is 0.148. The number of para-hydroxylation sites is 4. The van der Waals surface area contributed by atoms with E-state index in [1.54, 1.807) is 16.9 Å². The first kappa shape index (κ1) is 34.3. The zero-order valence-electron chi connectivity index (χ0n) is 32.3. The van der Waals surface area contributed by atoms with Gasteiger partial charge in [-0.15, -0.1) is 0 Å². The number of fused-ring (bicyclic) bond motifs is 5. The minimum Gasteiger partial charge on any atom is -0.353 e. The van der Waals surface area contributed by atoms with Crippen LogP contribution in [0.25, 0.3) is 0 Å². The van der Waals surface area contributed by atoms with Gasteiger partial charge in [-0.05, 0) is 59.2 Å². The van der Waals surface area contributed by atoms with Gasteiger partial charge in [-0.25, -0.2) is 0 Å². The van der Waals surface area contributed by atoms with Gasteiger partial charge in [0.1, 0.15) is 10.6 Å². The molecule has 48 heavy (non-hydrogen) atoms. The Bertz CT molecular complexity index is 1670. The van der Waals surface area contributed by atoms with E-state index in [0.29, 0.717) is 0 Å². The van der Waals surface area contributed by atoms with Gasteiger partial charge in [-0.2, -0.15) is 0 Å². The lowest BCUT2D eigenvalue weighted by Gasteiger charge is -2.80. The maximum atomic E-state index is 3.14. The fraction of sp³-hybridized carbons (Fsp3) is 0.561. The molecule has 0 radical (unpaired) electrons. The van der Waals surface area contributed by atoms with Crippen molar-refractivity contribution in [2.24, 2.45) is 21.7 Å². The summed E-state index contributed by atoms with van der Waals surface area (Å²) >= 11 is 0. The first-order chi connectivity index (χ1) is 22.2. The zero-order valence-corrected chi connectivity index (χ0v) is 35.2. The molecule has 4 atom stereocenters. The molecule has 2 fully saturated rings. The van der Waals surface area contributed by atoms with Crippen LogP contribution in [0.2, 0.25) is 0 Å². The quantitative estimate of drug-likeness (QED) is 0.233. The van der Waals surface area contributed by atoms with Crippen molar-refractivity contribution in [3.63, 3.8) is 0 Å². The molecule has 0 N–H and O–H groups in total. The molecular formula is C41H62N4PSi2+. The lowest BCUT2D eigenvalue weighted by molar-refractivity contribution is 0.319. The predicted octanol–water partition coefficient (Wildman–Crippen LogP) is 10.6. The number of hydrogen-bond donors (Lipinski definition) is 0. The lowest BCUT2D eigenvalue weighted by atomic mass is 9.96. The van der Waals surface area contributed by atoms with E-state index >= 15 is 0 Å². The van der Waals surface area contributed by atoms with Gasteiger partial charge in [0, 0.05) is 30.0 Å². The van der Waals surface area contributed by atoms with Crippen LogP contribution in [0.15, 0.2) is 83.3 Å². The summed E-state index contributed by atoms with van der Waals surface area (Å²) < 4.78 is 10.7. The molecule has 0 aromatic heterocycles. The van der Waals surface area contributed by atoms with Crippen LogP contribution in [0.1, 0.15) is 89.5 Å². The monoisotopic (exact) mass is 697 g/mol. The van der Waals surface area contributed by atoms with Crippen molar-refractivity contribution >= 4 is 47.6 Å². The second-order valence-electron chi connectivity index (χ2n) is 20.2. The van der Waals surface area contributed by atoms with Gasteiger partial charge in [-0.3, -0.25) is 0 Å². The van der Waals surface area contributed by atoms with Crippen molar-refractivity contribution in [1.29, 1.82) is 0 Å². The summed E-state index contributed by atoms with van der Waals surface area (Å²) in [7, 11) is -5.33. The first-order valence-electron chi connectivity index (χ1n) is 18.4. The van der Waals surface area contributed by atoms with E-state index in [1.807, 2.05) is 4.94 Å². The van der Waals surface area contributed by atoms with E-state index in [-0.39, 0.29) is 29.6 Å². The van der Waals surface area contributed by atoms with Crippen LogP contribution in [-0.4, -0.2) is 54.7 Å². The highest BCUT2D eigenvalue weighted by Gasteiger charge is 3.05. The van der Waals surface area contributed by atoms with Crippen molar-refractivity contribution in [2.75, 3.05) is 46.5 Å². The minimum atomic E-state index is -2.60. The van der Waals surface area contributed by atoms with Crippen molar-refractivity contribution in [1.82, 2.24) is 3.81 Å². The van der Waals surface area contributed by atoms with Crippen molar-refractivity contribution in [3.05, 3.63) is 83.3 Å². The lowest BCUT2D eigenvalue weighted by Crippen LogP contribution is -3.13. The average molecular weight is 698 g/mol. The van der Waals surface area contributed by atoms with Gasteiger partial charge in [-0.1, -0.05) is 140 Å². The molecule has 4 heterocycles. The van der Waals surface area contributed by atoms with Crippen LogP contribution >= 0.6 is 7.92 Å². The third-order valence-corrected chi connectivity index (χ3v) is 32.9. The molecular weight excluding hydrogens is 636 g/mol. The van der Waals surface area contributed by atoms with Gasteiger partial charge in [0.05, 0.1) is 23.6 Å². The molecule has 2 spiro atoms. The SMILES string of the molecule is CP1/C(=C2\C=CC=CC2)[Si]23C1[Si]1(N(CC(C)(C)C)c4ccccc4N1CC(C)(C)C)[N+]2(CC(C)(C)C)c1ccccc1N3CC(C)(C)C. The molecule has 7 heteroatoms. The maximum Gasteiger partial charge on any atom is 0.520 e. The predicted molar refractivity (Wildman–Crippen MR) is 217 cm³/mol. The van der Waals surface area contributed by atoms with E-state index in [9.17, 15) is 0 Å². The van der Waals surface area contributed by atoms with Crippen molar-refractivity contribution in [3.8, 4) is 0 Å². The molecule has 258 valence electrons. The number of nitrogens with zero attached hydrogens (tertiary/aromatic N) is 4. The fourth-order valence-corrected chi connectivity index (χ4v) is 43.3. The number of quaternary nitrogens is 1. The van der Waals surface area contributed by atoms with E-state index < -0.39 is 17.0 Å². The van der Waals surface area contributed by atoms with Crippen LogP contribution in [0, 0.1) is 21.7 Å². The van der Waals surface area contributed by atoms with E-state index in [0.717, 1.165) is 31.0 Å². The Morgan fingerprint density at radius 2 is 1.17 bits per heavy atom. The van der Waals surface area contributed by atoms with Gasteiger partial charge in [0.25, 0.3) is 0 Å². The van der Waals surface area contributed by atoms with E-state index in [1.165, 1.54) is 21.7 Å². The summed E-state index contributed by atoms with van der Waals surface area (Å²) in [6, 6.07) is 19.5. The largest absolute Gasteiger partial charge is 0.520 e. The summed E-state index contributed by atoms with van der Waals surface area (Å²) in [5.41, 5.74) is 8.53. The number of hydrogen-bond acceptors (Lipinski definition) is 3. The normalized spacial score (nSPS) is 30.2. The van der Waals surface area contributed by atoms with Crippen molar-refractivity contribution in [2.45, 2.75) is 94.4 Å². The van der Waals surface area contributed by atoms with Gasteiger partial charge >= 0.3 is 17.0 Å². The molecule has 4 nitrogen and oxygen atoms in total. The Kier molecular flexibility index (Phi) is 7.65. The molecule has 0 saturated carbocycles. The molecule has 4 aliphatic heterocycles. The fourth-order valence-electron chi connectivity index (χ4n) is 10.4. The summed E-state index contributed by atoms with van der Waals surface area (Å²) in [4.78, 5) is 2.67. The Morgan fingerprint density at radius 1 is 0.667 bits per heavy atom. The Hall–Kier alpha value is -2.12. The number of allylic oxidation sites excluding steroid dienone is 5. The molecule has 2 aromatic rings. The first-order valence-corrected chi connectivity index (χ1v) is 24.2. The third-order valence-electron chi connectivity index (χ3n) is 11.0. The second kappa shape index (κ2) is 10.7. The van der Waals surface area contributed by atoms with Crippen LogP contribution in [0.4, 0.5) is 22.7 Å². The van der Waals surface area contributed by atoms with E-state index in [2.05, 4.69) is 176 Å². The number of benzene rings is 2. The second-order valence-corrected chi connectivity index (χ2v) is 32.5. The molecule has 0 bridgehead atoms. The van der Waals surface area contributed by atoms with Crippen LogP contribution in [0.3, 0.4) is 0 Å².